The van der Waals surface area contributed by atoms with E-state index in [0.29, 0.717) is 13.0 Å². The molecule has 7 heteroatoms. The predicted octanol–water partition coefficient (Wildman–Crippen LogP) is 0.802. The van der Waals surface area contributed by atoms with Gasteiger partial charge in [0.05, 0.1) is 11.4 Å². The van der Waals surface area contributed by atoms with Gasteiger partial charge in [-0.2, -0.15) is 0 Å². The van der Waals surface area contributed by atoms with Crippen LogP contribution in [0.5, 0.6) is 0 Å². The monoisotopic (exact) mass is 257 g/mol. The highest BCUT2D eigenvalue weighted by atomic mass is 32.1. The number of rotatable bonds is 6. The van der Waals surface area contributed by atoms with E-state index >= 15 is 0 Å². The summed E-state index contributed by atoms with van der Waals surface area (Å²) in [6, 6.07) is -0.261. The summed E-state index contributed by atoms with van der Waals surface area (Å²) in [6.07, 6.45) is 2.37. The second-order valence-electron chi connectivity index (χ2n) is 3.47. The molecule has 0 radical (unpaired) electrons. The van der Waals surface area contributed by atoms with Crippen molar-refractivity contribution < 1.29 is 14.7 Å². The Bertz CT molecular complexity index is 367. The van der Waals surface area contributed by atoms with E-state index in [1.165, 1.54) is 4.90 Å². The van der Waals surface area contributed by atoms with Gasteiger partial charge in [0.15, 0.2) is 0 Å². The van der Waals surface area contributed by atoms with Gasteiger partial charge in [-0.1, -0.05) is 0 Å². The smallest absolute Gasteiger partial charge is 0.317 e. The van der Waals surface area contributed by atoms with Gasteiger partial charge in [-0.25, -0.2) is 9.78 Å². The molecule has 0 aliphatic heterocycles. The first-order valence-corrected chi connectivity index (χ1v) is 6.06. The fourth-order valence-electron chi connectivity index (χ4n) is 1.15. The van der Waals surface area contributed by atoms with Gasteiger partial charge in [-0.3, -0.25) is 4.79 Å². The standard InChI is InChI=1S/C10H15N3O3S/c1-13(6-3-9(14)15)10(16)12-4-2-8-11-5-7-17-8/h5,7H,2-4,6H2,1H3,(H,12,16)(H,14,15). The van der Waals surface area contributed by atoms with Crippen LogP contribution in [-0.4, -0.2) is 47.1 Å². The Morgan fingerprint density at radius 3 is 2.94 bits per heavy atom. The zero-order valence-corrected chi connectivity index (χ0v) is 10.4. The van der Waals surface area contributed by atoms with E-state index in [-0.39, 0.29) is 19.0 Å². The van der Waals surface area contributed by atoms with Gasteiger partial charge in [0.2, 0.25) is 0 Å². The number of nitrogens with zero attached hydrogens (tertiary/aromatic N) is 2. The van der Waals surface area contributed by atoms with Crippen molar-refractivity contribution in [3.05, 3.63) is 16.6 Å². The van der Waals surface area contributed by atoms with Crippen LogP contribution in [0.25, 0.3) is 0 Å². The average Bonchev–Trinajstić information content (AvgIpc) is 2.78. The van der Waals surface area contributed by atoms with Gasteiger partial charge in [-0.15, -0.1) is 11.3 Å². The molecule has 0 spiro atoms. The van der Waals surface area contributed by atoms with Gasteiger partial charge in [0.1, 0.15) is 0 Å². The minimum atomic E-state index is -0.910. The summed E-state index contributed by atoms with van der Waals surface area (Å²) in [4.78, 5) is 27.3. The van der Waals surface area contributed by atoms with Crippen molar-refractivity contribution in [1.82, 2.24) is 15.2 Å². The summed E-state index contributed by atoms with van der Waals surface area (Å²) in [5, 5.41) is 14.0. The zero-order valence-electron chi connectivity index (χ0n) is 9.55. The third-order valence-corrected chi connectivity index (χ3v) is 2.95. The molecule has 0 aromatic carbocycles. The van der Waals surface area contributed by atoms with Crippen LogP contribution in [0.2, 0.25) is 0 Å². The van der Waals surface area contributed by atoms with E-state index in [4.69, 9.17) is 5.11 Å². The lowest BCUT2D eigenvalue weighted by atomic mass is 10.4. The number of carbonyl (C=O) groups excluding carboxylic acids is 1. The molecule has 0 saturated carbocycles. The largest absolute Gasteiger partial charge is 0.481 e. The number of carbonyl (C=O) groups is 2. The molecule has 0 fully saturated rings. The van der Waals surface area contributed by atoms with Crippen LogP contribution in [0.1, 0.15) is 11.4 Å². The summed E-state index contributed by atoms with van der Waals surface area (Å²) in [6.45, 7) is 0.710. The Morgan fingerprint density at radius 1 is 1.59 bits per heavy atom. The summed E-state index contributed by atoms with van der Waals surface area (Å²) < 4.78 is 0. The van der Waals surface area contributed by atoms with Crippen molar-refractivity contribution in [2.75, 3.05) is 20.1 Å². The second-order valence-corrected chi connectivity index (χ2v) is 4.45. The predicted molar refractivity (Wildman–Crippen MR) is 64.1 cm³/mol. The van der Waals surface area contributed by atoms with E-state index in [2.05, 4.69) is 10.3 Å². The molecular formula is C10H15N3O3S. The zero-order chi connectivity index (χ0) is 12.7. The Hall–Kier alpha value is -1.63. The Labute approximate surface area is 103 Å². The molecule has 0 aliphatic rings. The molecule has 1 heterocycles. The number of urea groups is 1. The minimum absolute atomic E-state index is 0.0452. The van der Waals surface area contributed by atoms with Gasteiger partial charge in [-0.05, 0) is 0 Å². The number of hydrogen-bond acceptors (Lipinski definition) is 4. The molecule has 1 aromatic heterocycles. The van der Waals surface area contributed by atoms with Crippen LogP contribution in [0.4, 0.5) is 4.79 Å². The van der Waals surface area contributed by atoms with Crippen molar-refractivity contribution in [2.45, 2.75) is 12.8 Å². The summed E-state index contributed by atoms with van der Waals surface area (Å²) in [5.41, 5.74) is 0. The number of nitrogens with one attached hydrogen (secondary N) is 1. The lowest BCUT2D eigenvalue weighted by Gasteiger charge is -2.16. The Balaban J connectivity index is 2.17. The molecule has 6 nitrogen and oxygen atoms in total. The summed E-state index contributed by atoms with van der Waals surface area (Å²) >= 11 is 1.54. The lowest BCUT2D eigenvalue weighted by Crippen LogP contribution is -2.39. The lowest BCUT2D eigenvalue weighted by molar-refractivity contribution is -0.137. The molecule has 2 N–H and O–H groups in total. The van der Waals surface area contributed by atoms with E-state index in [1.54, 1.807) is 24.6 Å². The fourth-order valence-corrected chi connectivity index (χ4v) is 1.77. The van der Waals surface area contributed by atoms with Gasteiger partial charge < -0.3 is 15.3 Å². The van der Waals surface area contributed by atoms with E-state index in [1.807, 2.05) is 5.38 Å². The molecule has 0 bridgehead atoms. The molecule has 0 saturated heterocycles. The van der Waals surface area contributed by atoms with Crippen molar-refractivity contribution in [3.8, 4) is 0 Å². The number of carboxylic acid groups (broad SMARTS) is 1. The van der Waals surface area contributed by atoms with E-state index in [0.717, 1.165) is 5.01 Å². The molecule has 0 aliphatic carbocycles. The van der Waals surface area contributed by atoms with Crippen LogP contribution >= 0.6 is 11.3 Å². The first-order chi connectivity index (χ1) is 8.09. The molecule has 94 valence electrons. The highest BCUT2D eigenvalue weighted by Gasteiger charge is 2.09. The molecule has 0 unspecified atom stereocenters. The maximum Gasteiger partial charge on any atom is 0.317 e. The quantitative estimate of drug-likeness (QED) is 0.789. The van der Waals surface area contributed by atoms with Crippen molar-refractivity contribution in [3.63, 3.8) is 0 Å². The SMILES string of the molecule is CN(CCC(=O)O)C(=O)NCCc1nccs1. The highest BCUT2D eigenvalue weighted by Crippen LogP contribution is 2.03. The van der Waals surface area contributed by atoms with Crippen LogP contribution in [0.15, 0.2) is 11.6 Å². The number of hydrogen-bond donors (Lipinski definition) is 2. The third kappa shape index (κ3) is 5.30. The molecule has 1 rings (SSSR count). The molecule has 1 aromatic rings. The number of thiazole rings is 1. The first kappa shape index (κ1) is 13.4. The van der Waals surface area contributed by atoms with Gasteiger partial charge >= 0.3 is 12.0 Å². The Kier molecular flexibility index (Phi) is 5.41. The van der Waals surface area contributed by atoms with Crippen molar-refractivity contribution >= 4 is 23.3 Å². The van der Waals surface area contributed by atoms with E-state index < -0.39 is 5.97 Å². The summed E-state index contributed by atoms with van der Waals surface area (Å²) in [7, 11) is 1.57. The molecule has 2 amide bonds. The maximum atomic E-state index is 11.5. The highest BCUT2D eigenvalue weighted by molar-refractivity contribution is 7.09. The molecular weight excluding hydrogens is 242 g/mol. The normalized spacial score (nSPS) is 9.94. The van der Waals surface area contributed by atoms with Crippen LogP contribution in [0.3, 0.4) is 0 Å². The fraction of sp³-hybridized carbons (Fsp3) is 0.500. The maximum absolute atomic E-state index is 11.5. The minimum Gasteiger partial charge on any atom is -0.481 e. The number of carboxylic acids is 1. The van der Waals surface area contributed by atoms with Crippen LogP contribution in [0, 0.1) is 0 Å². The second kappa shape index (κ2) is 6.85. The molecule has 0 atom stereocenters. The van der Waals surface area contributed by atoms with Gasteiger partial charge in [0.25, 0.3) is 0 Å². The number of amides is 2. The first-order valence-electron chi connectivity index (χ1n) is 5.18. The van der Waals surface area contributed by atoms with E-state index in [9.17, 15) is 9.59 Å². The molecule has 17 heavy (non-hydrogen) atoms. The Morgan fingerprint density at radius 2 is 2.35 bits per heavy atom. The van der Waals surface area contributed by atoms with Crippen molar-refractivity contribution in [2.24, 2.45) is 0 Å². The van der Waals surface area contributed by atoms with Crippen molar-refractivity contribution in [1.29, 1.82) is 0 Å². The third-order valence-electron chi connectivity index (χ3n) is 2.11. The van der Waals surface area contributed by atoms with Crippen LogP contribution < -0.4 is 5.32 Å². The van der Waals surface area contributed by atoms with Gasteiger partial charge in [0, 0.05) is 38.1 Å². The average molecular weight is 257 g/mol. The van der Waals surface area contributed by atoms with Crippen LogP contribution in [-0.2, 0) is 11.2 Å². The number of aliphatic carboxylic acids is 1. The number of aromatic nitrogens is 1. The topological polar surface area (TPSA) is 82.5 Å². The summed E-state index contributed by atoms with van der Waals surface area (Å²) in [5.74, 6) is -0.910.